The molecule has 0 aliphatic heterocycles. The number of benzene rings is 1. The third kappa shape index (κ3) is 3.12. The molecule has 0 amide bonds. The van der Waals surface area contributed by atoms with Gasteiger partial charge in [-0.1, -0.05) is 30.3 Å². The van der Waals surface area contributed by atoms with Gasteiger partial charge in [-0.3, -0.25) is 0 Å². The third-order valence-electron chi connectivity index (χ3n) is 1.38. The van der Waals surface area contributed by atoms with Gasteiger partial charge in [0.15, 0.2) is 0 Å². The Kier molecular flexibility index (Phi) is 4.45. The highest BCUT2D eigenvalue weighted by Crippen LogP contribution is 2.26. The molecular weight excluding hydrogens is 303 g/mol. The molecule has 0 aliphatic rings. The SMILES string of the molecule is F/C(OCBr)=C(/Br)c1ccccc1. The van der Waals surface area contributed by atoms with E-state index >= 15 is 0 Å². The smallest absolute Gasteiger partial charge is 0.288 e. The Morgan fingerprint density at radius 1 is 1.31 bits per heavy atom. The molecule has 4 heteroatoms. The van der Waals surface area contributed by atoms with Gasteiger partial charge in [0.1, 0.15) is 5.52 Å². The highest BCUT2D eigenvalue weighted by Gasteiger charge is 2.05. The van der Waals surface area contributed by atoms with E-state index in [0.29, 0.717) is 4.48 Å². The Morgan fingerprint density at radius 2 is 1.92 bits per heavy atom. The lowest BCUT2D eigenvalue weighted by Crippen LogP contribution is -1.86. The Morgan fingerprint density at radius 3 is 2.46 bits per heavy atom. The predicted molar refractivity (Wildman–Crippen MR) is 58.3 cm³/mol. The summed E-state index contributed by atoms with van der Waals surface area (Å²) >= 11 is 6.08. The van der Waals surface area contributed by atoms with E-state index < -0.39 is 6.01 Å². The van der Waals surface area contributed by atoms with Gasteiger partial charge in [-0.25, -0.2) is 0 Å². The minimum atomic E-state index is -0.622. The van der Waals surface area contributed by atoms with Crippen LogP contribution in [-0.2, 0) is 4.74 Å². The van der Waals surface area contributed by atoms with Crippen LogP contribution >= 0.6 is 31.9 Å². The van der Waals surface area contributed by atoms with E-state index in [9.17, 15) is 4.39 Å². The van der Waals surface area contributed by atoms with Gasteiger partial charge >= 0.3 is 0 Å². The predicted octanol–water partition coefficient (Wildman–Crippen LogP) is 4.05. The lowest BCUT2D eigenvalue weighted by atomic mass is 10.2. The summed E-state index contributed by atoms with van der Waals surface area (Å²) in [5.41, 5.74) is 0.891. The summed E-state index contributed by atoms with van der Waals surface area (Å²) < 4.78 is 18.0. The van der Waals surface area contributed by atoms with Crippen LogP contribution in [0.25, 0.3) is 4.48 Å². The van der Waals surface area contributed by atoms with Crippen molar-refractivity contribution < 1.29 is 9.13 Å². The third-order valence-corrected chi connectivity index (χ3v) is 2.38. The van der Waals surface area contributed by atoms with Gasteiger partial charge in [0, 0.05) is 0 Å². The summed E-state index contributed by atoms with van der Waals surface area (Å²) in [5, 5.41) is 0. The molecule has 0 heterocycles. The molecule has 0 aliphatic carbocycles. The van der Waals surface area contributed by atoms with Gasteiger partial charge in [-0.05, 0) is 37.4 Å². The molecule has 1 aromatic rings. The maximum absolute atomic E-state index is 13.1. The summed E-state index contributed by atoms with van der Waals surface area (Å²) in [4.78, 5) is 0. The first-order valence-corrected chi connectivity index (χ1v) is 5.46. The zero-order chi connectivity index (χ0) is 9.68. The van der Waals surface area contributed by atoms with Crippen molar-refractivity contribution in [3.8, 4) is 0 Å². The Hall–Kier alpha value is -0.350. The van der Waals surface area contributed by atoms with Crippen LogP contribution in [0.1, 0.15) is 5.56 Å². The highest BCUT2D eigenvalue weighted by molar-refractivity contribution is 9.15. The van der Waals surface area contributed by atoms with E-state index in [2.05, 4.69) is 36.6 Å². The number of hydrogen-bond acceptors (Lipinski definition) is 1. The molecule has 0 radical (unpaired) electrons. The monoisotopic (exact) mass is 308 g/mol. The summed E-state index contributed by atoms with van der Waals surface area (Å²) in [6.45, 7) is 0. The van der Waals surface area contributed by atoms with Crippen LogP contribution in [0, 0.1) is 0 Å². The van der Waals surface area contributed by atoms with Crippen molar-refractivity contribution in [3.63, 3.8) is 0 Å². The Balaban J connectivity index is 2.89. The number of halogens is 3. The first-order chi connectivity index (χ1) is 6.25. The fourth-order valence-electron chi connectivity index (χ4n) is 0.809. The molecule has 0 fully saturated rings. The molecule has 1 aromatic carbocycles. The molecule has 70 valence electrons. The van der Waals surface area contributed by atoms with E-state index in [1.54, 1.807) is 12.1 Å². The van der Waals surface area contributed by atoms with Gasteiger partial charge in [-0.2, -0.15) is 4.39 Å². The molecule has 0 N–H and O–H groups in total. The topological polar surface area (TPSA) is 9.23 Å². The Labute approximate surface area is 92.9 Å². The van der Waals surface area contributed by atoms with Gasteiger partial charge < -0.3 is 4.74 Å². The van der Waals surface area contributed by atoms with Crippen LogP contribution in [-0.4, -0.2) is 5.52 Å². The maximum Gasteiger partial charge on any atom is 0.288 e. The van der Waals surface area contributed by atoms with E-state index in [4.69, 9.17) is 0 Å². The lowest BCUT2D eigenvalue weighted by molar-refractivity contribution is 0.197. The van der Waals surface area contributed by atoms with Crippen LogP contribution in [0.5, 0.6) is 0 Å². The fourth-order valence-corrected chi connectivity index (χ4v) is 1.39. The quantitative estimate of drug-likeness (QED) is 0.605. The molecule has 0 spiro atoms. The lowest BCUT2D eigenvalue weighted by Gasteiger charge is -2.02. The first-order valence-electron chi connectivity index (χ1n) is 3.55. The number of ether oxygens (including phenoxy) is 1. The summed E-state index contributed by atoms with van der Waals surface area (Å²) in [5.74, 6) is 0. The van der Waals surface area contributed by atoms with E-state index in [0.717, 1.165) is 5.56 Å². The highest BCUT2D eigenvalue weighted by atomic mass is 79.9. The van der Waals surface area contributed by atoms with Crippen molar-refractivity contribution in [3.05, 3.63) is 41.9 Å². The zero-order valence-corrected chi connectivity index (χ0v) is 9.81. The summed E-state index contributed by atoms with van der Waals surface area (Å²) in [6, 6.07) is 8.49. The second-order valence-electron chi connectivity index (χ2n) is 2.21. The molecule has 13 heavy (non-hydrogen) atoms. The largest absolute Gasteiger partial charge is 0.458 e. The summed E-state index contributed by atoms with van der Waals surface area (Å²) in [6.07, 6.45) is 0. The molecule has 0 atom stereocenters. The van der Waals surface area contributed by atoms with Crippen LogP contribution in [0.2, 0.25) is 0 Å². The number of hydrogen-bond donors (Lipinski definition) is 0. The van der Waals surface area contributed by atoms with Crippen LogP contribution in [0.3, 0.4) is 0 Å². The molecule has 1 rings (SSSR count). The molecule has 0 bridgehead atoms. The van der Waals surface area contributed by atoms with Crippen LogP contribution in [0.15, 0.2) is 36.3 Å². The second-order valence-corrected chi connectivity index (χ2v) is 3.46. The molecule has 0 unspecified atom stereocenters. The standard InChI is InChI=1S/C9H7Br2FO/c10-6-13-9(12)8(11)7-4-2-1-3-5-7/h1-5H,6H2/b9-8-. The van der Waals surface area contributed by atoms with Crippen molar-refractivity contribution >= 4 is 36.3 Å². The van der Waals surface area contributed by atoms with Crippen molar-refractivity contribution in [2.45, 2.75) is 0 Å². The van der Waals surface area contributed by atoms with Crippen LogP contribution in [0.4, 0.5) is 4.39 Å². The van der Waals surface area contributed by atoms with Crippen molar-refractivity contribution in [2.75, 3.05) is 5.52 Å². The normalized spacial score (nSPS) is 12.2. The van der Waals surface area contributed by atoms with Crippen molar-refractivity contribution in [2.24, 2.45) is 0 Å². The minimum Gasteiger partial charge on any atom is -0.458 e. The molecule has 0 saturated heterocycles. The van der Waals surface area contributed by atoms with Gasteiger partial charge in [0.2, 0.25) is 0 Å². The molecule has 1 nitrogen and oxygen atoms in total. The average Bonchev–Trinajstić information content (AvgIpc) is 2.18. The average molecular weight is 310 g/mol. The first kappa shape index (κ1) is 10.7. The van der Waals surface area contributed by atoms with Crippen molar-refractivity contribution in [1.29, 1.82) is 0 Å². The minimum absolute atomic E-state index is 0.140. The summed E-state index contributed by atoms with van der Waals surface area (Å²) in [7, 11) is 0. The second kappa shape index (κ2) is 5.40. The molecular formula is C9H7Br2FO. The van der Waals surface area contributed by atoms with Crippen molar-refractivity contribution in [1.82, 2.24) is 0 Å². The number of alkyl halides is 1. The molecule has 0 aromatic heterocycles. The van der Waals surface area contributed by atoms with E-state index in [1.165, 1.54) is 0 Å². The zero-order valence-electron chi connectivity index (χ0n) is 6.64. The van der Waals surface area contributed by atoms with E-state index in [-0.39, 0.29) is 5.52 Å². The van der Waals surface area contributed by atoms with Crippen LogP contribution < -0.4 is 0 Å². The van der Waals surface area contributed by atoms with E-state index in [1.807, 2.05) is 18.2 Å². The Bertz CT molecular complexity index is 298. The fraction of sp³-hybridized carbons (Fsp3) is 0.111. The molecule has 0 saturated carbocycles. The van der Waals surface area contributed by atoms with Gasteiger partial charge in [0.05, 0.1) is 4.48 Å². The maximum atomic E-state index is 13.1. The van der Waals surface area contributed by atoms with Gasteiger partial charge in [0.25, 0.3) is 6.01 Å². The number of rotatable bonds is 3. The van der Waals surface area contributed by atoms with Gasteiger partial charge in [-0.15, -0.1) is 0 Å².